The Kier molecular flexibility index (Phi) is 5.08. The zero-order chi connectivity index (χ0) is 19.6. The molecule has 27 heavy (non-hydrogen) atoms. The fourth-order valence-corrected chi connectivity index (χ4v) is 3.06. The van der Waals surface area contributed by atoms with Crippen LogP contribution >= 0.6 is 0 Å². The van der Waals surface area contributed by atoms with Crippen LogP contribution in [0, 0.1) is 24.2 Å². The lowest BCUT2D eigenvalue weighted by Crippen LogP contribution is -2.48. The van der Waals surface area contributed by atoms with Crippen molar-refractivity contribution < 1.29 is 23.5 Å². The van der Waals surface area contributed by atoms with Gasteiger partial charge < -0.3 is 19.2 Å². The summed E-state index contributed by atoms with van der Waals surface area (Å²) in [6.07, 6.45) is 1.82. The van der Waals surface area contributed by atoms with E-state index < -0.39 is 24.0 Å². The molecule has 0 unspecified atom stereocenters. The molecule has 1 aliphatic rings. The molecule has 7 nitrogen and oxygen atoms in total. The maximum absolute atomic E-state index is 12.3. The SMILES string of the molecule is CCOc1ccc2oc(C(=O)OCC(=O)N[C@](C)(C#N)C3CC3)c(C)c2c1. The molecule has 3 rings (SSSR count). The van der Waals surface area contributed by atoms with Gasteiger partial charge >= 0.3 is 5.97 Å². The van der Waals surface area contributed by atoms with Gasteiger partial charge in [-0.05, 0) is 57.7 Å². The lowest BCUT2D eigenvalue weighted by molar-refractivity contribution is -0.125. The van der Waals surface area contributed by atoms with Crippen LogP contribution in [-0.2, 0) is 9.53 Å². The average Bonchev–Trinajstić information content (AvgIpc) is 3.46. The van der Waals surface area contributed by atoms with E-state index in [1.165, 1.54) is 0 Å². The molecular weight excluding hydrogens is 348 g/mol. The van der Waals surface area contributed by atoms with Crippen molar-refractivity contribution in [2.75, 3.05) is 13.2 Å². The fraction of sp³-hybridized carbons (Fsp3) is 0.450. The Hall–Kier alpha value is -3.01. The third kappa shape index (κ3) is 3.90. The molecule has 0 bridgehead atoms. The van der Waals surface area contributed by atoms with E-state index in [0.29, 0.717) is 23.5 Å². The topological polar surface area (TPSA) is 102 Å². The Morgan fingerprint density at radius 2 is 2.15 bits per heavy atom. The molecule has 1 saturated carbocycles. The normalized spacial score (nSPS) is 15.6. The second-order valence-corrected chi connectivity index (χ2v) is 6.86. The van der Waals surface area contributed by atoms with E-state index in [9.17, 15) is 14.9 Å². The van der Waals surface area contributed by atoms with Gasteiger partial charge in [-0.15, -0.1) is 0 Å². The smallest absolute Gasteiger partial charge is 0.375 e. The number of hydrogen-bond donors (Lipinski definition) is 1. The van der Waals surface area contributed by atoms with Crippen LogP contribution in [0.15, 0.2) is 22.6 Å². The lowest BCUT2D eigenvalue weighted by Gasteiger charge is -2.22. The van der Waals surface area contributed by atoms with Crippen LogP contribution in [0.1, 0.15) is 42.8 Å². The summed E-state index contributed by atoms with van der Waals surface area (Å²) in [6, 6.07) is 7.42. The number of aryl methyl sites for hydroxylation is 1. The zero-order valence-corrected chi connectivity index (χ0v) is 15.6. The number of amides is 1. The Balaban J connectivity index is 1.66. The minimum Gasteiger partial charge on any atom is -0.494 e. The van der Waals surface area contributed by atoms with E-state index in [-0.39, 0.29) is 11.7 Å². The van der Waals surface area contributed by atoms with E-state index in [0.717, 1.165) is 18.2 Å². The standard InChI is InChI=1S/C20H22N2O5/c1-4-25-14-7-8-16-15(9-14)12(2)18(27-16)19(24)26-10-17(23)22-20(3,11-21)13-5-6-13/h7-9,13H,4-6,10H2,1-3H3,(H,22,23)/t20-/m1/s1. The van der Waals surface area contributed by atoms with Gasteiger partial charge in [0.1, 0.15) is 16.9 Å². The van der Waals surface area contributed by atoms with Gasteiger partial charge in [0, 0.05) is 10.9 Å². The van der Waals surface area contributed by atoms with Gasteiger partial charge in [0.05, 0.1) is 12.7 Å². The molecule has 2 aromatic rings. The highest BCUT2D eigenvalue weighted by molar-refractivity contribution is 5.97. The number of carbonyl (C=O) groups excluding carboxylic acids is 2. The van der Waals surface area contributed by atoms with Gasteiger partial charge in [0.15, 0.2) is 6.61 Å². The van der Waals surface area contributed by atoms with E-state index in [2.05, 4.69) is 11.4 Å². The second kappa shape index (κ2) is 7.31. The van der Waals surface area contributed by atoms with Crippen LogP contribution in [0.4, 0.5) is 0 Å². The summed E-state index contributed by atoms with van der Waals surface area (Å²) in [5, 5.41) is 12.7. The molecule has 0 saturated heterocycles. The molecule has 1 aromatic carbocycles. The summed E-state index contributed by atoms with van der Waals surface area (Å²) in [5.41, 5.74) is 0.240. The van der Waals surface area contributed by atoms with Crippen LogP contribution in [0.5, 0.6) is 5.75 Å². The summed E-state index contributed by atoms with van der Waals surface area (Å²) in [7, 11) is 0. The van der Waals surface area contributed by atoms with Gasteiger partial charge in [-0.1, -0.05) is 0 Å². The van der Waals surface area contributed by atoms with Crippen molar-refractivity contribution in [2.45, 2.75) is 39.2 Å². The number of rotatable bonds is 7. The van der Waals surface area contributed by atoms with E-state index >= 15 is 0 Å². The number of hydrogen-bond acceptors (Lipinski definition) is 6. The third-order valence-corrected chi connectivity index (χ3v) is 4.76. The minimum atomic E-state index is -0.922. The molecule has 0 aliphatic heterocycles. The minimum absolute atomic E-state index is 0.0525. The van der Waals surface area contributed by atoms with Crippen LogP contribution in [0.25, 0.3) is 11.0 Å². The Labute approximate surface area is 157 Å². The monoisotopic (exact) mass is 370 g/mol. The lowest BCUT2D eigenvalue weighted by atomic mass is 9.98. The maximum atomic E-state index is 12.3. The first kappa shape index (κ1) is 18.8. The molecule has 0 spiro atoms. The van der Waals surface area contributed by atoms with Crippen molar-refractivity contribution in [3.8, 4) is 11.8 Å². The van der Waals surface area contributed by atoms with Gasteiger partial charge in [-0.25, -0.2) is 4.79 Å². The molecule has 1 atom stereocenters. The number of nitrogens with zero attached hydrogens (tertiary/aromatic N) is 1. The molecular formula is C20H22N2O5. The molecule has 1 amide bonds. The number of nitrogens with one attached hydrogen (secondary N) is 1. The summed E-state index contributed by atoms with van der Waals surface area (Å²) in [6.45, 7) is 5.39. The number of esters is 1. The molecule has 1 aromatic heterocycles. The number of fused-ring (bicyclic) bond motifs is 1. The Bertz CT molecular complexity index is 922. The number of furan rings is 1. The summed E-state index contributed by atoms with van der Waals surface area (Å²) < 4.78 is 16.1. The summed E-state index contributed by atoms with van der Waals surface area (Å²) >= 11 is 0. The highest BCUT2D eigenvalue weighted by Gasteiger charge is 2.43. The highest BCUT2D eigenvalue weighted by atomic mass is 16.5. The predicted octanol–water partition coefficient (Wildman–Crippen LogP) is 3.11. The van der Waals surface area contributed by atoms with Gasteiger partial charge in [-0.2, -0.15) is 5.26 Å². The summed E-state index contributed by atoms with van der Waals surface area (Å²) in [4.78, 5) is 24.4. The largest absolute Gasteiger partial charge is 0.494 e. The van der Waals surface area contributed by atoms with Crippen molar-refractivity contribution in [2.24, 2.45) is 5.92 Å². The van der Waals surface area contributed by atoms with Gasteiger partial charge in [0.25, 0.3) is 5.91 Å². The Morgan fingerprint density at radius 3 is 2.78 bits per heavy atom. The number of nitriles is 1. The Morgan fingerprint density at radius 1 is 1.41 bits per heavy atom. The van der Waals surface area contributed by atoms with Gasteiger partial charge in [-0.3, -0.25) is 4.79 Å². The highest BCUT2D eigenvalue weighted by Crippen LogP contribution is 2.39. The number of benzene rings is 1. The molecule has 1 N–H and O–H groups in total. The third-order valence-electron chi connectivity index (χ3n) is 4.76. The van der Waals surface area contributed by atoms with Crippen LogP contribution in [0.2, 0.25) is 0 Å². The van der Waals surface area contributed by atoms with Crippen LogP contribution in [0.3, 0.4) is 0 Å². The van der Waals surface area contributed by atoms with Crippen LogP contribution in [-0.4, -0.2) is 30.6 Å². The van der Waals surface area contributed by atoms with E-state index in [1.54, 1.807) is 32.0 Å². The summed E-state index contributed by atoms with van der Waals surface area (Å²) in [5.74, 6) is -0.339. The van der Waals surface area contributed by atoms with Gasteiger partial charge in [0.2, 0.25) is 5.76 Å². The maximum Gasteiger partial charge on any atom is 0.375 e. The second-order valence-electron chi connectivity index (χ2n) is 6.86. The van der Waals surface area contributed by atoms with Crippen molar-refractivity contribution in [3.63, 3.8) is 0 Å². The predicted molar refractivity (Wildman–Crippen MR) is 97.3 cm³/mol. The van der Waals surface area contributed by atoms with Crippen LogP contribution < -0.4 is 10.1 Å². The molecule has 1 aliphatic carbocycles. The van der Waals surface area contributed by atoms with Crippen molar-refractivity contribution >= 4 is 22.8 Å². The quantitative estimate of drug-likeness (QED) is 0.752. The first-order valence-corrected chi connectivity index (χ1v) is 8.93. The number of ether oxygens (including phenoxy) is 2. The number of carbonyl (C=O) groups is 2. The van der Waals surface area contributed by atoms with Crippen molar-refractivity contribution in [3.05, 3.63) is 29.5 Å². The van der Waals surface area contributed by atoms with Crippen molar-refractivity contribution in [1.82, 2.24) is 5.32 Å². The fourth-order valence-electron chi connectivity index (χ4n) is 3.06. The zero-order valence-electron chi connectivity index (χ0n) is 15.6. The average molecular weight is 370 g/mol. The molecule has 7 heteroatoms. The first-order valence-electron chi connectivity index (χ1n) is 8.93. The first-order chi connectivity index (χ1) is 12.9. The molecule has 142 valence electrons. The van der Waals surface area contributed by atoms with Crippen molar-refractivity contribution in [1.29, 1.82) is 5.26 Å². The molecule has 1 heterocycles. The molecule has 1 fully saturated rings. The van der Waals surface area contributed by atoms with E-state index in [4.69, 9.17) is 13.9 Å². The molecule has 0 radical (unpaired) electrons. The van der Waals surface area contributed by atoms with E-state index in [1.807, 2.05) is 6.92 Å².